The Morgan fingerprint density at radius 2 is 1.19 bits per heavy atom. The third-order valence-corrected chi connectivity index (χ3v) is 5.23. The second-order valence-electron chi connectivity index (χ2n) is 8.19. The molecule has 0 aromatic rings. The van der Waals surface area contributed by atoms with Crippen LogP contribution in [0.15, 0.2) is 0 Å². The van der Waals surface area contributed by atoms with Crippen molar-refractivity contribution in [1.82, 2.24) is 4.90 Å². The first kappa shape index (κ1) is 21.3. The van der Waals surface area contributed by atoms with E-state index in [9.17, 15) is 4.89 Å². The van der Waals surface area contributed by atoms with E-state index in [-0.39, 0.29) is 0 Å². The highest BCUT2D eigenvalue weighted by molar-refractivity contribution is 7.60. The van der Waals surface area contributed by atoms with Crippen LogP contribution in [0.3, 0.4) is 0 Å². The number of hydrogen-bond donors (Lipinski definition) is 1. The standard InChI is InChI=1S/C16H37NO3P/c1-13(2)17(14(3)4)11-12-21(18,19-15(5,6)7)20-16(8,9)10/h13-14,18H,11-12H2,1-10H3/q+1. The largest absolute Gasteiger partial charge is 0.411 e. The first-order valence-electron chi connectivity index (χ1n) is 7.93. The summed E-state index contributed by atoms with van der Waals surface area (Å²) in [6.45, 7) is 21.2. The Morgan fingerprint density at radius 1 is 0.857 bits per heavy atom. The summed E-state index contributed by atoms with van der Waals surface area (Å²) >= 11 is 0. The molecule has 4 nitrogen and oxygen atoms in total. The van der Waals surface area contributed by atoms with Crippen LogP contribution in [-0.2, 0) is 9.05 Å². The number of hydrogen-bond acceptors (Lipinski definition) is 4. The zero-order valence-corrected chi connectivity index (χ0v) is 16.6. The van der Waals surface area contributed by atoms with Crippen molar-refractivity contribution in [3.8, 4) is 0 Å². The number of rotatable bonds is 7. The van der Waals surface area contributed by atoms with Gasteiger partial charge in [-0.15, -0.1) is 0 Å². The van der Waals surface area contributed by atoms with Crippen LogP contribution in [0.25, 0.3) is 0 Å². The predicted molar refractivity (Wildman–Crippen MR) is 92.7 cm³/mol. The molecule has 0 rings (SSSR count). The quantitative estimate of drug-likeness (QED) is 0.701. The summed E-state index contributed by atoms with van der Waals surface area (Å²) in [7, 11) is -2.89. The highest BCUT2D eigenvalue weighted by atomic mass is 31.2. The van der Waals surface area contributed by atoms with E-state index in [1.165, 1.54) is 0 Å². The molecule has 0 amide bonds. The Balaban J connectivity index is 4.98. The summed E-state index contributed by atoms with van der Waals surface area (Å²) in [5.41, 5.74) is -0.845. The molecule has 0 saturated heterocycles. The van der Waals surface area contributed by atoms with E-state index >= 15 is 0 Å². The Hall–Kier alpha value is 0.270. The Kier molecular flexibility index (Phi) is 7.80. The van der Waals surface area contributed by atoms with Gasteiger partial charge in [0, 0.05) is 18.6 Å². The van der Waals surface area contributed by atoms with Crippen LogP contribution in [0.2, 0.25) is 0 Å². The topological polar surface area (TPSA) is 41.9 Å². The summed E-state index contributed by atoms with van der Waals surface area (Å²) in [6, 6.07) is 0.866. The average molecular weight is 322 g/mol. The van der Waals surface area contributed by atoms with E-state index in [1.807, 2.05) is 41.5 Å². The minimum Gasteiger partial charge on any atom is -0.295 e. The molecule has 128 valence electrons. The predicted octanol–water partition coefficient (Wildman–Crippen LogP) is 4.49. The molecule has 0 saturated carbocycles. The zero-order valence-electron chi connectivity index (χ0n) is 15.7. The van der Waals surface area contributed by atoms with Crippen molar-refractivity contribution in [3.05, 3.63) is 0 Å². The fourth-order valence-corrected chi connectivity index (χ4v) is 4.74. The Morgan fingerprint density at radius 3 is 1.43 bits per heavy atom. The molecule has 0 atom stereocenters. The monoisotopic (exact) mass is 322 g/mol. The molecule has 0 unspecified atom stereocenters. The smallest absolute Gasteiger partial charge is 0.295 e. The van der Waals surface area contributed by atoms with E-state index in [0.29, 0.717) is 18.2 Å². The summed E-state index contributed by atoms with van der Waals surface area (Å²) in [5, 5.41) is 0. The van der Waals surface area contributed by atoms with E-state index in [4.69, 9.17) is 9.05 Å². The number of nitrogens with zero attached hydrogens (tertiary/aromatic N) is 1. The maximum Gasteiger partial charge on any atom is 0.411 e. The van der Waals surface area contributed by atoms with E-state index in [0.717, 1.165) is 6.54 Å². The van der Waals surface area contributed by atoms with Crippen LogP contribution in [0, 0.1) is 0 Å². The van der Waals surface area contributed by atoms with Gasteiger partial charge in [0.1, 0.15) is 11.2 Å². The third kappa shape index (κ3) is 9.80. The average Bonchev–Trinajstić information content (AvgIpc) is 2.08. The lowest BCUT2D eigenvalue weighted by Crippen LogP contribution is -2.40. The van der Waals surface area contributed by atoms with Gasteiger partial charge in [-0.1, -0.05) is 0 Å². The molecule has 0 aromatic carbocycles. The summed E-state index contributed by atoms with van der Waals surface area (Å²) in [4.78, 5) is 13.3. The molecule has 0 aliphatic rings. The van der Waals surface area contributed by atoms with Crippen LogP contribution < -0.4 is 0 Å². The van der Waals surface area contributed by atoms with Crippen molar-refractivity contribution in [1.29, 1.82) is 0 Å². The highest BCUT2D eigenvalue weighted by Gasteiger charge is 2.48. The van der Waals surface area contributed by atoms with Crippen molar-refractivity contribution in [2.45, 2.75) is 92.5 Å². The molecule has 21 heavy (non-hydrogen) atoms. The maximum absolute atomic E-state index is 10.9. The van der Waals surface area contributed by atoms with Gasteiger partial charge in [-0.25, -0.2) is 0 Å². The van der Waals surface area contributed by atoms with Gasteiger partial charge in [-0.3, -0.25) is 4.90 Å². The molecule has 0 radical (unpaired) electrons. The van der Waals surface area contributed by atoms with Crippen LogP contribution >= 0.6 is 7.94 Å². The van der Waals surface area contributed by atoms with Crippen LogP contribution in [0.1, 0.15) is 69.2 Å². The second-order valence-corrected chi connectivity index (χ2v) is 10.3. The summed E-state index contributed by atoms with van der Waals surface area (Å²) in [6.07, 6.45) is 0.526. The van der Waals surface area contributed by atoms with Crippen LogP contribution in [-0.4, -0.2) is 45.8 Å². The molecule has 0 aliphatic carbocycles. The first-order valence-corrected chi connectivity index (χ1v) is 9.69. The van der Waals surface area contributed by atoms with E-state index in [1.54, 1.807) is 0 Å². The van der Waals surface area contributed by atoms with Crippen molar-refractivity contribution in [3.63, 3.8) is 0 Å². The van der Waals surface area contributed by atoms with E-state index < -0.39 is 19.1 Å². The molecular weight excluding hydrogens is 285 g/mol. The Bertz CT molecular complexity index is 282. The molecule has 0 heterocycles. The summed E-state index contributed by atoms with van der Waals surface area (Å²) in [5.74, 6) is 0. The molecule has 5 heteroatoms. The minimum absolute atomic E-state index is 0.422. The van der Waals surface area contributed by atoms with Gasteiger partial charge >= 0.3 is 7.94 Å². The molecule has 1 N–H and O–H groups in total. The van der Waals surface area contributed by atoms with E-state index in [2.05, 4.69) is 32.6 Å². The van der Waals surface area contributed by atoms with Gasteiger partial charge in [-0.2, -0.15) is 13.9 Å². The van der Waals surface area contributed by atoms with Crippen molar-refractivity contribution < 1.29 is 13.9 Å². The summed E-state index contributed by atoms with van der Waals surface area (Å²) < 4.78 is 11.9. The third-order valence-electron chi connectivity index (χ3n) is 2.80. The van der Waals surface area contributed by atoms with Gasteiger partial charge < -0.3 is 0 Å². The van der Waals surface area contributed by atoms with Crippen LogP contribution in [0.4, 0.5) is 0 Å². The van der Waals surface area contributed by atoms with Gasteiger partial charge in [-0.05, 0) is 69.2 Å². The van der Waals surface area contributed by atoms with Crippen molar-refractivity contribution in [2.75, 3.05) is 12.7 Å². The molecule has 0 fully saturated rings. The van der Waals surface area contributed by atoms with Crippen molar-refractivity contribution in [2.24, 2.45) is 0 Å². The van der Waals surface area contributed by atoms with Crippen molar-refractivity contribution >= 4 is 7.94 Å². The lowest BCUT2D eigenvalue weighted by Gasteiger charge is -2.33. The lowest BCUT2D eigenvalue weighted by molar-refractivity contribution is 0.0290. The lowest BCUT2D eigenvalue weighted by atomic mass is 10.2. The first-order chi connectivity index (χ1) is 9.15. The van der Waals surface area contributed by atoms with Gasteiger partial charge in [0.05, 0.1) is 0 Å². The molecule has 0 spiro atoms. The minimum atomic E-state index is -2.89. The molecule has 0 aromatic heterocycles. The molecule has 0 aliphatic heterocycles. The fraction of sp³-hybridized carbons (Fsp3) is 1.00. The fourth-order valence-electron chi connectivity index (χ4n) is 2.32. The van der Waals surface area contributed by atoms with Gasteiger partial charge in [0.25, 0.3) is 0 Å². The Labute approximate surface area is 132 Å². The zero-order chi connectivity index (χ0) is 17.1. The normalized spacial score (nSPS) is 14.6. The second kappa shape index (κ2) is 7.70. The maximum atomic E-state index is 10.9. The van der Waals surface area contributed by atoms with Crippen LogP contribution in [0.5, 0.6) is 0 Å². The van der Waals surface area contributed by atoms with Gasteiger partial charge in [0.15, 0.2) is 6.16 Å². The SMILES string of the molecule is CC(C)N(CC[P+](O)(OC(C)(C)C)OC(C)(C)C)C(C)C. The molecular formula is C16H37NO3P+. The van der Waals surface area contributed by atoms with Gasteiger partial charge in [0.2, 0.25) is 0 Å². The highest BCUT2D eigenvalue weighted by Crippen LogP contribution is 2.61. The molecule has 0 bridgehead atoms.